The number of aliphatic hydroxyl groups is 1. The van der Waals surface area contributed by atoms with Crippen LogP contribution in [0.25, 0.3) is 10.8 Å². The van der Waals surface area contributed by atoms with Crippen LogP contribution in [0, 0.1) is 0 Å². The van der Waals surface area contributed by atoms with Gasteiger partial charge in [0.15, 0.2) is 5.78 Å². The van der Waals surface area contributed by atoms with Crippen molar-refractivity contribution >= 4 is 22.3 Å². The van der Waals surface area contributed by atoms with Gasteiger partial charge in [-0.25, -0.2) is 0 Å². The molecule has 0 radical (unpaired) electrons. The summed E-state index contributed by atoms with van der Waals surface area (Å²) in [6.07, 6.45) is 1.40. The van der Waals surface area contributed by atoms with Gasteiger partial charge in [-0.3, -0.25) is 9.79 Å². The Balaban J connectivity index is 1.71. The fourth-order valence-electron chi connectivity index (χ4n) is 4.32. The van der Waals surface area contributed by atoms with Gasteiger partial charge in [-0.1, -0.05) is 72.8 Å². The molecule has 1 unspecified atom stereocenters. The number of hydrogen-bond donors (Lipinski definition) is 1. The van der Waals surface area contributed by atoms with Crippen molar-refractivity contribution in [3.8, 4) is 0 Å². The van der Waals surface area contributed by atoms with Crippen molar-refractivity contribution in [3.63, 3.8) is 0 Å². The monoisotopic (exact) mass is 397 g/mol. The maximum Gasteiger partial charge on any atom is 0.168 e. The van der Waals surface area contributed by atoms with Crippen molar-refractivity contribution < 1.29 is 9.90 Å². The van der Waals surface area contributed by atoms with E-state index in [0.29, 0.717) is 30.5 Å². The van der Waals surface area contributed by atoms with Gasteiger partial charge in [0.25, 0.3) is 0 Å². The first-order chi connectivity index (χ1) is 14.5. The molecule has 0 spiro atoms. The molecule has 3 aromatic carbocycles. The summed E-state index contributed by atoms with van der Waals surface area (Å²) in [5.74, 6) is 0.160. The van der Waals surface area contributed by atoms with Crippen molar-refractivity contribution in [3.05, 3.63) is 95.3 Å². The smallest absolute Gasteiger partial charge is 0.168 e. The maximum atomic E-state index is 13.2. The average Bonchev–Trinajstić information content (AvgIpc) is 2.73. The minimum Gasteiger partial charge on any atom is -0.511 e. The Morgan fingerprint density at radius 1 is 0.967 bits per heavy atom. The van der Waals surface area contributed by atoms with Crippen LogP contribution in [0.4, 0.5) is 0 Å². The highest BCUT2D eigenvalue weighted by molar-refractivity contribution is 6.24. The van der Waals surface area contributed by atoms with Crippen LogP contribution in [0.15, 0.2) is 89.1 Å². The summed E-state index contributed by atoms with van der Waals surface area (Å²) in [6, 6.07) is 24.4. The molecule has 152 valence electrons. The number of carbonyl (C=O) groups is 1. The third-order valence-corrected chi connectivity index (χ3v) is 5.65. The van der Waals surface area contributed by atoms with E-state index in [0.717, 1.165) is 21.9 Å². The Kier molecular flexibility index (Phi) is 5.80. The number of aliphatic imine (C=N–C) groups is 1. The number of carbonyl (C=O) groups excluding carboxylic acids is 1. The number of allylic oxidation sites excluding steroid dienone is 2. The number of nitrogens with zero attached hydrogens (tertiary/aromatic N) is 1. The van der Waals surface area contributed by atoms with Crippen molar-refractivity contribution in [1.82, 2.24) is 0 Å². The van der Waals surface area contributed by atoms with E-state index >= 15 is 0 Å². The number of fused-ring (bicyclic) bond motifs is 1. The molecule has 0 aliphatic heterocycles. The summed E-state index contributed by atoms with van der Waals surface area (Å²) in [5, 5.41) is 13.2. The molecule has 1 atom stereocenters. The van der Waals surface area contributed by atoms with Crippen LogP contribution in [-0.4, -0.2) is 22.6 Å². The molecule has 0 fully saturated rings. The fraction of sp³-hybridized carbons (Fsp3) is 0.259. The Labute approximate surface area is 177 Å². The van der Waals surface area contributed by atoms with Gasteiger partial charge in [-0.15, -0.1) is 0 Å². The first-order valence-corrected chi connectivity index (χ1v) is 10.6. The molecule has 1 N–H and O–H groups in total. The van der Waals surface area contributed by atoms with Crippen molar-refractivity contribution in [2.75, 3.05) is 0 Å². The Bertz CT molecular complexity index is 1120. The first kappa shape index (κ1) is 20.1. The molecule has 4 rings (SSSR count). The molecule has 3 heteroatoms. The summed E-state index contributed by atoms with van der Waals surface area (Å²) in [5.41, 5.74) is 3.32. The zero-order chi connectivity index (χ0) is 21.1. The van der Waals surface area contributed by atoms with Crippen LogP contribution in [0.1, 0.15) is 43.7 Å². The summed E-state index contributed by atoms with van der Waals surface area (Å²) < 4.78 is 0. The van der Waals surface area contributed by atoms with E-state index in [1.54, 1.807) is 0 Å². The summed E-state index contributed by atoms with van der Waals surface area (Å²) in [6.45, 7) is 4.00. The van der Waals surface area contributed by atoms with E-state index in [2.05, 4.69) is 24.3 Å². The van der Waals surface area contributed by atoms with Crippen LogP contribution in [0.2, 0.25) is 0 Å². The predicted molar refractivity (Wildman–Crippen MR) is 123 cm³/mol. The zero-order valence-electron chi connectivity index (χ0n) is 17.5. The molecule has 30 heavy (non-hydrogen) atoms. The van der Waals surface area contributed by atoms with E-state index < -0.39 is 0 Å². The van der Waals surface area contributed by atoms with Crippen molar-refractivity contribution in [2.45, 2.75) is 45.1 Å². The van der Waals surface area contributed by atoms with Gasteiger partial charge in [0.05, 0.1) is 11.3 Å². The minimum atomic E-state index is -0.0211. The van der Waals surface area contributed by atoms with Crippen molar-refractivity contribution in [1.29, 1.82) is 0 Å². The molecule has 0 saturated heterocycles. The van der Waals surface area contributed by atoms with Gasteiger partial charge in [0.2, 0.25) is 0 Å². The highest BCUT2D eigenvalue weighted by atomic mass is 16.3. The van der Waals surface area contributed by atoms with E-state index in [1.165, 1.54) is 0 Å². The molecule has 3 aromatic rings. The summed E-state index contributed by atoms with van der Waals surface area (Å²) in [4.78, 5) is 17.9. The minimum absolute atomic E-state index is 0.0142. The second kappa shape index (κ2) is 8.66. The van der Waals surface area contributed by atoms with E-state index in [1.807, 2.05) is 62.4 Å². The van der Waals surface area contributed by atoms with Gasteiger partial charge in [-0.2, -0.15) is 0 Å². The maximum absolute atomic E-state index is 13.2. The Hall–Kier alpha value is -3.20. The van der Waals surface area contributed by atoms with Gasteiger partial charge in [-0.05, 0) is 41.7 Å². The highest BCUT2D eigenvalue weighted by Gasteiger charge is 2.31. The zero-order valence-corrected chi connectivity index (χ0v) is 17.5. The second-order valence-electron chi connectivity index (χ2n) is 8.25. The van der Waals surface area contributed by atoms with E-state index in [4.69, 9.17) is 4.99 Å². The molecule has 0 heterocycles. The van der Waals surface area contributed by atoms with Gasteiger partial charge in [0, 0.05) is 25.3 Å². The molecule has 3 nitrogen and oxygen atoms in total. The lowest BCUT2D eigenvalue weighted by atomic mass is 9.80. The lowest BCUT2D eigenvalue weighted by Gasteiger charge is -2.25. The largest absolute Gasteiger partial charge is 0.511 e. The topological polar surface area (TPSA) is 49.7 Å². The molecule has 0 bridgehead atoms. The molecule has 0 aromatic heterocycles. The molecular weight excluding hydrogens is 370 g/mol. The van der Waals surface area contributed by atoms with Crippen LogP contribution < -0.4 is 0 Å². The van der Waals surface area contributed by atoms with Gasteiger partial charge >= 0.3 is 0 Å². The lowest BCUT2D eigenvalue weighted by molar-refractivity contribution is -0.116. The van der Waals surface area contributed by atoms with E-state index in [9.17, 15) is 9.90 Å². The van der Waals surface area contributed by atoms with E-state index in [-0.39, 0.29) is 23.5 Å². The van der Waals surface area contributed by atoms with Gasteiger partial charge < -0.3 is 5.11 Å². The number of Topliss-reactive ketones (excluding diaryl/α,β-unsaturated/α-hetero) is 1. The average molecular weight is 398 g/mol. The normalized spacial score (nSPS) is 17.8. The quantitative estimate of drug-likeness (QED) is 0.522. The fourth-order valence-corrected chi connectivity index (χ4v) is 4.32. The van der Waals surface area contributed by atoms with Gasteiger partial charge in [0.1, 0.15) is 5.76 Å². The summed E-state index contributed by atoms with van der Waals surface area (Å²) >= 11 is 0. The molecule has 0 amide bonds. The first-order valence-electron chi connectivity index (χ1n) is 10.6. The van der Waals surface area contributed by atoms with Crippen LogP contribution in [-0.2, 0) is 11.2 Å². The summed E-state index contributed by atoms with van der Waals surface area (Å²) in [7, 11) is 0. The molecule has 0 saturated carbocycles. The van der Waals surface area contributed by atoms with Crippen LogP contribution >= 0.6 is 0 Å². The molecule has 1 aliphatic carbocycles. The van der Waals surface area contributed by atoms with Crippen molar-refractivity contribution in [2.24, 2.45) is 4.99 Å². The number of hydrogen-bond acceptors (Lipinski definition) is 3. The molecular formula is C27H27NO2. The number of aliphatic hydroxyl groups excluding tert-OH is 1. The lowest BCUT2D eigenvalue weighted by Crippen LogP contribution is -2.25. The molecule has 1 aliphatic rings. The predicted octanol–water partition coefficient (Wildman–Crippen LogP) is 6.19. The van der Waals surface area contributed by atoms with Crippen LogP contribution in [0.3, 0.4) is 0 Å². The number of rotatable bonds is 5. The highest BCUT2D eigenvalue weighted by Crippen LogP contribution is 2.35. The second-order valence-corrected chi connectivity index (χ2v) is 8.25. The third kappa shape index (κ3) is 4.20. The number of benzene rings is 3. The Morgan fingerprint density at radius 2 is 1.67 bits per heavy atom. The van der Waals surface area contributed by atoms with Crippen LogP contribution in [0.5, 0.6) is 0 Å². The SMILES string of the molecule is CC(C)N=C(Cc1cccc2ccccc12)C1=C(O)CC(c2ccccc2)CC1=O. The Morgan fingerprint density at radius 3 is 2.40 bits per heavy atom. The third-order valence-electron chi connectivity index (χ3n) is 5.65. The standard InChI is InChI=1S/C27H27NO2/c1-18(2)28-24(15-21-13-8-12-20-11-6-7-14-23(20)21)27-25(29)16-22(17-26(27)30)19-9-4-3-5-10-19/h3-14,18,22,29H,15-17H2,1-2H3. The number of ketones is 1.